The Bertz CT molecular complexity index is 297. The summed E-state index contributed by atoms with van der Waals surface area (Å²) < 4.78 is 26.7. The lowest BCUT2D eigenvalue weighted by atomic mass is 10.0. The molecule has 1 aromatic rings. The van der Waals surface area contributed by atoms with Gasteiger partial charge in [-0.15, -0.1) is 0 Å². The predicted octanol–water partition coefficient (Wildman–Crippen LogP) is 2.53. The minimum Gasteiger partial charge on any atom is -0.261 e. The molecule has 0 aliphatic heterocycles. The maximum Gasteiger partial charge on any atom is 0.293 e. The molecule has 0 saturated heterocycles. The molecule has 0 aliphatic carbocycles. The zero-order chi connectivity index (χ0) is 10.1. The molecule has 2 nitrogen and oxygen atoms in total. The van der Waals surface area contributed by atoms with Gasteiger partial charge in [0.15, 0.2) is 0 Å². The molecule has 13 heavy (non-hydrogen) atoms. The van der Waals surface area contributed by atoms with Crippen molar-refractivity contribution in [2.75, 3.05) is 0 Å². The first kappa shape index (κ1) is 10.0. The van der Waals surface area contributed by atoms with Gasteiger partial charge >= 0.3 is 0 Å². The average molecular weight is 186 g/mol. The summed E-state index contributed by atoms with van der Waals surface area (Å²) in [4.78, 5) is 7.44. The molecular weight excluding hydrogens is 174 g/mol. The van der Waals surface area contributed by atoms with Gasteiger partial charge in [-0.05, 0) is 6.92 Å². The molecule has 0 radical (unpaired) electrons. The minimum atomic E-state index is -2.89. The summed E-state index contributed by atoms with van der Waals surface area (Å²) >= 11 is 0. The Balaban J connectivity index is 3.07. The first-order valence-corrected chi connectivity index (χ1v) is 4.11. The zero-order valence-corrected chi connectivity index (χ0v) is 7.88. The van der Waals surface area contributed by atoms with E-state index in [9.17, 15) is 8.78 Å². The second-order valence-electron chi connectivity index (χ2n) is 3.32. The summed E-state index contributed by atoms with van der Waals surface area (Å²) in [7, 11) is 0. The van der Waals surface area contributed by atoms with Crippen molar-refractivity contribution in [1.82, 2.24) is 9.97 Å². The quantitative estimate of drug-likeness (QED) is 0.709. The number of halogens is 2. The van der Waals surface area contributed by atoms with E-state index in [-0.39, 0.29) is 5.69 Å². The lowest BCUT2D eigenvalue weighted by Crippen LogP contribution is -2.22. The molecule has 1 aromatic heterocycles. The fraction of sp³-hybridized carbons (Fsp3) is 0.556. The number of hydrogen-bond acceptors (Lipinski definition) is 2. The van der Waals surface area contributed by atoms with Crippen LogP contribution in [0.3, 0.4) is 0 Å². The summed E-state index contributed by atoms with van der Waals surface area (Å²) in [5.74, 6) is -3.65. The van der Waals surface area contributed by atoms with Crippen LogP contribution < -0.4 is 0 Å². The SMILES string of the molecule is Cc1cncc(C(F)(F)C(C)C)n1. The van der Waals surface area contributed by atoms with Gasteiger partial charge in [0.05, 0.1) is 11.9 Å². The highest BCUT2D eigenvalue weighted by Gasteiger charge is 2.37. The molecule has 0 saturated carbocycles. The number of aryl methyl sites for hydroxylation is 1. The van der Waals surface area contributed by atoms with Gasteiger partial charge in [-0.25, -0.2) is 4.98 Å². The van der Waals surface area contributed by atoms with Gasteiger partial charge in [-0.2, -0.15) is 8.78 Å². The summed E-state index contributed by atoms with van der Waals surface area (Å²) in [5, 5.41) is 0. The Morgan fingerprint density at radius 2 is 1.92 bits per heavy atom. The van der Waals surface area contributed by atoms with E-state index < -0.39 is 11.8 Å². The second kappa shape index (κ2) is 3.36. The third-order valence-corrected chi connectivity index (χ3v) is 1.82. The Morgan fingerprint density at radius 1 is 1.31 bits per heavy atom. The molecule has 0 bridgehead atoms. The molecule has 1 heterocycles. The maximum absolute atomic E-state index is 13.4. The fourth-order valence-electron chi connectivity index (χ4n) is 0.920. The van der Waals surface area contributed by atoms with Gasteiger partial charge in [0.2, 0.25) is 0 Å². The smallest absolute Gasteiger partial charge is 0.261 e. The van der Waals surface area contributed by atoms with Crippen molar-refractivity contribution < 1.29 is 8.78 Å². The molecule has 1 rings (SSSR count). The molecule has 0 spiro atoms. The van der Waals surface area contributed by atoms with Gasteiger partial charge in [0.1, 0.15) is 5.69 Å². The highest BCUT2D eigenvalue weighted by Crippen LogP contribution is 2.33. The Morgan fingerprint density at radius 3 is 2.38 bits per heavy atom. The largest absolute Gasteiger partial charge is 0.293 e. The van der Waals surface area contributed by atoms with Crippen molar-refractivity contribution in [1.29, 1.82) is 0 Å². The van der Waals surface area contributed by atoms with Crippen LogP contribution in [0.2, 0.25) is 0 Å². The summed E-state index contributed by atoms with van der Waals surface area (Å²) in [6.45, 7) is 4.57. The molecule has 0 fully saturated rings. The van der Waals surface area contributed by atoms with Gasteiger partial charge in [-0.3, -0.25) is 4.98 Å². The van der Waals surface area contributed by atoms with Crippen molar-refractivity contribution in [2.24, 2.45) is 5.92 Å². The Kier molecular flexibility index (Phi) is 2.59. The first-order chi connectivity index (χ1) is 5.94. The molecule has 0 atom stereocenters. The van der Waals surface area contributed by atoms with E-state index in [2.05, 4.69) is 9.97 Å². The van der Waals surface area contributed by atoms with E-state index >= 15 is 0 Å². The van der Waals surface area contributed by atoms with Crippen molar-refractivity contribution in [2.45, 2.75) is 26.7 Å². The number of rotatable bonds is 2. The van der Waals surface area contributed by atoms with Gasteiger partial charge < -0.3 is 0 Å². The van der Waals surface area contributed by atoms with E-state index in [1.807, 2.05) is 0 Å². The van der Waals surface area contributed by atoms with Gasteiger partial charge in [0.25, 0.3) is 5.92 Å². The van der Waals surface area contributed by atoms with Crippen LogP contribution in [0.5, 0.6) is 0 Å². The molecule has 0 unspecified atom stereocenters. The molecule has 0 aliphatic rings. The first-order valence-electron chi connectivity index (χ1n) is 4.11. The van der Waals surface area contributed by atoms with E-state index in [0.29, 0.717) is 5.69 Å². The number of hydrogen-bond donors (Lipinski definition) is 0. The van der Waals surface area contributed by atoms with Crippen LogP contribution in [0.15, 0.2) is 12.4 Å². The summed E-state index contributed by atoms with van der Waals surface area (Å²) in [6, 6.07) is 0. The molecule has 0 N–H and O–H groups in total. The van der Waals surface area contributed by atoms with Crippen LogP contribution in [0.1, 0.15) is 25.2 Å². The van der Waals surface area contributed by atoms with Gasteiger partial charge in [0, 0.05) is 12.1 Å². The molecular formula is C9H12F2N2. The fourth-order valence-corrected chi connectivity index (χ4v) is 0.920. The van der Waals surface area contributed by atoms with Crippen LogP contribution >= 0.6 is 0 Å². The lowest BCUT2D eigenvalue weighted by Gasteiger charge is -2.19. The second-order valence-corrected chi connectivity index (χ2v) is 3.32. The number of nitrogens with zero attached hydrogens (tertiary/aromatic N) is 2. The van der Waals surface area contributed by atoms with E-state index in [1.54, 1.807) is 6.92 Å². The molecule has 0 aromatic carbocycles. The highest BCUT2D eigenvalue weighted by molar-refractivity contribution is 5.08. The van der Waals surface area contributed by atoms with Crippen molar-refractivity contribution >= 4 is 0 Å². The van der Waals surface area contributed by atoms with Gasteiger partial charge in [-0.1, -0.05) is 13.8 Å². The highest BCUT2D eigenvalue weighted by atomic mass is 19.3. The topological polar surface area (TPSA) is 25.8 Å². The molecule has 72 valence electrons. The average Bonchev–Trinajstić information content (AvgIpc) is 2.04. The molecule has 4 heteroatoms. The third-order valence-electron chi connectivity index (χ3n) is 1.82. The van der Waals surface area contributed by atoms with Crippen molar-refractivity contribution in [3.8, 4) is 0 Å². The third kappa shape index (κ3) is 1.99. The van der Waals surface area contributed by atoms with Crippen molar-refractivity contribution in [3.63, 3.8) is 0 Å². The zero-order valence-electron chi connectivity index (χ0n) is 7.88. The van der Waals surface area contributed by atoms with Crippen LogP contribution in [0, 0.1) is 12.8 Å². The lowest BCUT2D eigenvalue weighted by molar-refractivity contribution is -0.0559. The standard InChI is InChI=1S/C9H12F2N2/c1-6(2)9(10,11)8-5-12-4-7(3)13-8/h4-6H,1-3H3. The number of alkyl halides is 2. The van der Waals surface area contributed by atoms with Crippen LogP contribution in [0.25, 0.3) is 0 Å². The maximum atomic E-state index is 13.4. The summed E-state index contributed by atoms with van der Waals surface area (Å²) in [5.41, 5.74) is 0.264. The Hall–Kier alpha value is -1.06. The minimum absolute atomic E-state index is 0.248. The predicted molar refractivity (Wildman–Crippen MR) is 45.5 cm³/mol. The Labute approximate surface area is 76.0 Å². The van der Waals surface area contributed by atoms with Crippen LogP contribution in [0.4, 0.5) is 8.78 Å². The van der Waals surface area contributed by atoms with E-state index in [4.69, 9.17) is 0 Å². The molecule has 0 amide bonds. The monoisotopic (exact) mass is 186 g/mol. The number of aromatic nitrogens is 2. The van der Waals surface area contributed by atoms with Crippen LogP contribution in [-0.4, -0.2) is 9.97 Å². The summed E-state index contributed by atoms with van der Waals surface area (Å²) in [6.07, 6.45) is 2.58. The normalized spacial score (nSPS) is 12.2. The van der Waals surface area contributed by atoms with E-state index in [0.717, 1.165) is 6.20 Å². The van der Waals surface area contributed by atoms with Crippen LogP contribution in [-0.2, 0) is 5.92 Å². The van der Waals surface area contributed by atoms with Crippen molar-refractivity contribution in [3.05, 3.63) is 23.8 Å². The van der Waals surface area contributed by atoms with E-state index in [1.165, 1.54) is 20.0 Å².